The van der Waals surface area contributed by atoms with Gasteiger partial charge in [-0.2, -0.15) is 15.9 Å². The van der Waals surface area contributed by atoms with E-state index in [0.717, 1.165) is 48.9 Å². The molecule has 1 aliphatic heterocycles. The molecule has 3 aromatic heterocycles. The van der Waals surface area contributed by atoms with Gasteiger partial charge in [0.05, 0.1) is 0 Å². The number of hydrogen-bond acceptors (Lipinski definition) is 7. The van der Waals surface area contributed by atoms with Gasteiger partial charge in [-0.15, -0.1) is 5.10 Å². The number of aromatic nitrogens is 5. The number of fused-ring (bicyclic) bond motifs is 1. The fraction of sp³-hybridized carbons (Fsp3) is 0.385. The Bertz CT molecular complexity index is 743. The summed E-state index contributed by atoms with van der Waals surface area (Å²) in [7, 11) is 2.14. The van der Waals surface area contributed by atoms with Gasteiger partial charge in [-0.1, -0.05) is 0 Å². The largest absolute Gasteiger partial charge is 0.338 e. The Morgan fingerprint density at radius 1 is 1.19 bits per heavy atom. The van der Waals surface area contributed by atoms with E-state index in [1.165, 1.54) is 0 Å². The van der Waals surface area contributed by atoms with Crippen LogP contribution in [0.2, 0.25) is 0 Å². The predicted molar refractivity (Wildman–Crippen MR) is 81.6 cm³/mol. The van der Waals surface area contributed by atoms with Gasteiger partial charge in [0.25, 0.3) is 0 Å². The van der Waals surface area contributed by atoms with Crippen LogP contribution in [0.5, 0.6) is 0 Å². The number of hydrogen-bond donors (Lipinski definition) is 0. The minimum atomic E-state index is 0.761. The molecular formula is C13H15N7S. The van der Waals surface area contributed by atoms with E-state index in [1.54, 1.807) is 15.9 Å². The Morgan fingerprint density at radius 2 is 2.05 bits per heavy atom. The number of thiophene rings is 1. The van der Waals surface area contributed by atoms with Gasteiger partial charge in [0.1, 0.15) is 0 Å². The highest BCUT2D eigenvalue weighted by Crippen LogP contribution is 2.26. The number of anilines is 1. The molecule has 0 spiro atoms. The fourth-order valence-electron chi connectivity index (χ4n) is 2.57. The molecule has 1 saturated heterocycles. The molecule has 21 heavy (non-hydrogen) atoms. The fourth-order valence-corrected chi connectivity index (χ4v) is 3.22. The molecule has 0 radical (unpaired) electrons. The summed E-state index contributed by atoms with van der Waals surface area (Å²) in [4.78, 5) is 9.17. The first-order chi connectivity index (χ1) is 10.3. The monoisotopic (exact) mass is 301 g/mol. The summed E-state index contributed by atoms with van der Waals surface area (Å²) < 4.78 is 1.75. The summed E-state index contributed by atoms with van der Waals surface area (Å²) >= 11 is 1.66. The third-order valence-corrected chi connectivity index (χ3v) is 4.51. The lowest BCUT2D eigenvalue weighted by atomic mass is 10.2. The average Bonchev–Trinajstić information content (AvgIpc) is 3.19. The molecule has 3 aromatic rings. The van der Waals surface area contributed by atoms with Crippen molar-refractivity contribution in [2.45, 2.75) is 0 Å². The summed E-state index contributed by atoms with van der Waals surface area (Å²) in [5.74, 6) is 0.821. The molecule has 0 saturated carbocycles. The van der Waals surface area contributed by atoms with Crippen molar-refractivity contribution in [2.75, 3.05) is 38.1 Å². The van der Waals surface area contributed by atoms with E-state index in [-0.39, 0.29) is 0 Å². The van der Waals surface area contributed by atoms with Gasteiger partial charge in [-0.25, -0.2) is 4.98 Å². The molecule has 0 unspecified atom stereocenters. The molecule has 7 nitrogen and oxygen atoms in total. The standard InChI is InChI=1S/C13H15N7S/c1-18-3-5-19(6-4-18)13-14-8-11(10-2-7-21-9-10)12-15-16-17-20(12)13/h2,7-9H,3-6H2,1H3. The zero-order valence-corrected chi connectivity index (χ0v) is 12.5. The normalized spacial score (nSPS) is 16.7. The molecule has 1 fully saturated rings. The van der Waals surface area contributed by atoms with Crippen LogP contribution in [0.25, 0.3) is 16.8 Å². The zero-order chi connectivity index (χ0) is 14.2. The van der Waals surface area contributed by atoms with Crippen molar-refractivity contribution in [3.8, 4) is 11.1 Å². The quantitative estimate of drug-likeness (QED) is 0.704. The average molecular weight is 301 g/mol. The van der Waals surface area contributed by atoms with Gasteiger partial charge in [0.2, 0.25) is 5.95 Å². The van der Waals surface area contributed by atoms with Crippen molar-refractivity contribution >= 4 is 22.9 Å². The van der Waals surface area contributed by atoms with Crippen molar-refractivity contribution in [1.29, 1.82) is 0 Å². The molecule has 4 heterocycles. The minimum Gasteiger partial charge on any atom is -0.338 e. The van der Waals surface area contributed by atoms with E-state index in [4.69, 9.17) is 0 Å². The van der Waals surface area contributed by atoms with E-state index in [1.807, 2.05) is 11.6 Å². The van der Waals surface area contributed by atoms with E-state index < -0.39 is 0 Å². The molecule has 0 atom stereocenters. The summed E-state index contributed by atoms with van der Waals surface area (Å²) in [6.07, 6.45) is 1.88. The molecule has 0 aromatic carbocycles. The van der Waals surface area contributed by atoms with E-state index in [9.17, 15) is 0 Å². The molecule has 0 bridgehead atoms. The highest BCUT2D eigenvalue weighted by atomic mass is 32.1. The van der Waals surface area contributed by atoms with Crippen molar-refractivity contribution in [3.05, 3.63) is 23.0 Å². The second-order valence-corrected chi connectivity index (χ2v) is 5.97. The molecular weight excluding hydrogens is 286 g/mol. The van der Waals surface area contributed by atoms with Gasteiger partial charge in [0, 0.05) is 37.9 Å². The lowest BCUT2D eigenvalue weighted by Crippen LogP contribution is -2.45. The highest BCUT2D eigenvalue weighted by molar-refractivity contribution is 7.08. The van der Waals surface area contributed by atoms with Gasteiger partial charge < -0.3 is 9.80 Å². The van der Waals surface area contributed by atoms with Crippen LogP contribution in [0.4, 0.5) is 5.95 Å². The Labute approximate surface area is 125 Å². The number of rotatable bonds is 2. The maximum absolute atomic E-state index is 4.62. The van der Waals surface area contributed by atoms with Crippen molar-refractivity contribution < 1.29 is 0 Å². The number of nitrogens with zero attached hydrogens (tertiary/aromatic N) is 7. The van der Waals surface area contributed by atoms with E-state index in [2.05, 4.69) is 48.8 Å². The van der Waals surface area contributed by atoms with Crippen LogP contribution in [-0.2, 0) is 0 Å². The SMILES string of the molecule is CN1CCN(c2ncc(-c3ccsc3)c3nnnn23)CC1. The first-order valence-corrected chi connectivity index (χ1v) is 7.80. The van der Waals surface area contributed by atoms with Crippen molar-refractivity contribution in [2.24, 2.45) is 0 Å². The van der Waals surface area contributed by atoms with Gasteiger partial charge >= 0.3 is 0 Å². The Hall–Kier alpha value is -2.06. The van der Waals surface area contributed by atoms with Gasteiger partial charge in [-0.3, -0.25) is 0 Å². The van der Waals surface area contributed by atoms with Gasteiger partial charge in [0.15, 0.2) is 5.65 Å². The third-order valence-electron chi connectivity index (χ3n) is 3.83. The second kappa shape index (κ2) is 5.05. The first kappa shape index (κ1) is 12.7. The van der Waals surface area contributed by atoms with Crippen LogP contribution in [0.1, 0.15) is 0 Å². The summed E-state index contributed by atoms with van der Waals surface area (Å²) in [6, 6.07) is 2.06. The van der Waals surface area contributed by atoms with Crippen LogP contribution in [0.3, 0.4) is 0 Å². The van der Waals surface area contributed by atoms with Crippen LogP contribution < -0.4 is 4.90 Å². The summed E-state index contributed by atoms with van der Waals surface area (Å²) in [5, 5.41) is 16.3. The van der Waals surface area contributed by atoms with Gasteiger partial charge in [-0.05, 0) is 39.9 Å². The Balaban J connectivity index is 1.78. The zero-order valence-electron chi connectivity index (χ0n) is 11.7. The van der Waals surface area contributed by atoms with Crippen molar-refractivity contribution in [1.82, 2.24) is 29.9 Å². The van der Waals surface area contributed by atoms with Crippen molar-refractivity contribution in [3.63, 3.8) is 0 Å². The third kappa shape index (κ3) is 2.16. The van der Waals surface area contributed by atoms with E-state index >= 15 is 0 Å². The molecule has 1 aliphatic rings. The maximum Gasteiger partial charge on any atom is 0.230 e. The molecule has 108 valence electrons. The first-order valence-electron chi connectivity index (χ1n) is 6.86. The minimum absolute atomic E-state index is 0.761. The topological polar surface area (TPSA) is 62.5 Å². The van der Waals surface area contributed by atoms with Crippen LogP contribution in [0, 0.1) is 0 Å². The van der Waals surface area contributed by atoms with Crippen LogP contribution in [-0.4, -0.2) is 63.2 Å². The molecule has 0 N–H and O–H groups in total. The predicted octanol–water partition coefficient (Wildman–Crippen LogP) is 1.000. The summed E-state index contributed by atoms with van der Waals surface area (Å²) in [6.45, 7) is 3.93. The number of piperazine rings is 1. The second-order valence-electron chi connectivity index (χ2n) is 5.19. The highest BCUT2D eigenvalue weighted by Gasteiger charge is 2.20. The van der Waals surface area contributed by atoms with E-state index in [0.29, 0.717) is 0 Å². The molecule has 8 heteroatoms. The van der Waals surface area contributed by atoms with Crippen LogP contribution in [0.15, 0.2) is 23.0 Å². The lowest BCUT2D eigenvalue weighted by molar-refractivity contribution is 0.310. The number of tetrazole rings is 1. The lowest BCUT2D eigenvalue weighted by Gasteiger charge is -2.32. The summed E-state index contributed by atoms with van der Waals surface area (Å²) in [5.41, 5.74) is 2.84. The molecule has 4 rings (SSSR count). The Kier molecular flexibility index (Phi) is 3.04. The number of likely N-dealkylation sites (N-methyl/N-ethyl adjacent to an activating group) is 1. The maximum atomic E-state index is 4.62. The van der Waals surface area contributed by atoms with Crippen LogP contribution >= 0.6 is 11.3 Å². The Morgan fingerprint density at radius 3 is 2.81 bits per heavy atom. The molecule has 0 aliphatic carbocycles. The molecule has 0 amide bonds. The smallest absolute Gasteiger partial charge is 0.230 e.